The average Bonchev–Trinajstić information content (AvgIpc) is 3.17. The number of anilines is 1. The molecule has 1 aromatic heterocycles. The third-order valence-corrected chi connectivity index (χ3v) is 5.06. The van der Waals surface area contributed by atoms with E-state index in [1.54, 1.807) is 62.4 Å². The number of carbonyl (C=O) groups is 3. The van der Waals surface area contributed by atoms with Crippen molar-refractivity contribution in [2.45, 2.75) is 26.3 Å². The number of para-hydroxylation sites is 1. The van der Waals surface area contributed by atoms with Gasteiger partial charge in [-0.05, 0) is 38.1 Å². The van der Waals surface area contributed by atoms with Crippen molar-refractivity contribution in [2.24, 2.45) is 0 Å². The minimum Gasteiger partial charge on any atom is -0.361 e. The fraction of sp³-hybridized carbons (Fsp3) is 0.182. The Morgan fingerprint density at radius 2 is 1.59 bits per heavy atom. The Morgan fingerprint density at radius 1 is 1.00 bits per heavy atom. The number of amides is 3. The number of imide groups is 1. The van der Waals surface area contributed by atoms with E-state index in [1.165, 1.54) is 0 Å². The van der Waals surface area contributed by atoms with Crippen LogP contribution in [0.4, 0.5) is 5.69 Å². The van der Waals surface area contributed by atoms with E-state index in [0.29, 0.717) is 33.8 Å². The highest BCUT2D eigenvalue weighted by Gasteiger charge is 2.43. The summed E-state index contributed by atoms with van der Waals surface area (Å²) in [4.78, 5) is 40.2. The maximum absolute atomic E-state index is 13.2. The van der Waals surface area contributed by atoms with Gasteiger partial charge < -0.3 is 9.84 Å². The zero-order valence-corrected chi connectivity index (χ0v) is 16.0. The van der Waals surface area contributed by atoms with Gasteiger partial charge in [0.2, 0.25) is 5.91 Å². The summed E-state index contributed by atoms with van der Waals surface area (Å²) in [6.07, 6.45) is 0.116. The smallest absolute Gasteiger partial charge is 0.262 e. The standard InChI is InChI=1S/C22H19N3O4/c1-13-18(14(2)29-24-13)12-19(20(26)23-15-8-4-3-5-9-15)25-21(27)16-10-6-7-11-17(16)22(25)28/h3-11,19H,12H2,1-2H3,(H,23,26). The van der Waals surface area contributed by atoms with Crippen LogP contribution in [0.5, 0.6) is 0 Å². The summed E-state index contributed by atoms with van der Waals surface area (Å²) in [5.41, 5.74) is 2.51. The molecule has 0 aliphatic carbocycles. The van der Waals surface area contributed by atoms with E-state index >= 15 is 0 Å². The Labute approximate surface area is 167 Å². The number of hydrogen-bond donors (Lipinski definition) is 1. The second-order valence-corrected chi connectivity index (χ2v) is 6.90. The third-order valence-electron chi connectivity index (χ3n) is 5.06. The highest BCUT2D eigenvalue weighted by molar-refractivity contribution is 6.23. The van der Waals surface area contributed by atoms with Crippen molar-refractivity contribution >= 4 is 23.4 Å². The molecule has 146 valence electrons. The van der Waals surface area contributed by atoms with Crippen LogP contribution in [0.25, 0.3) is 0 Å². The molecule has 3 amide bonds. The van der Waals surface area contributed by atoms with Crippen molar-refractivity contribution in [2.75, 3.05) is 5.32 Å². The van der Waals surface area contributed by atoms with Crippen molar-refractivity contribution in [1.29, 1.82) is 0 Å². The summed E-state index contributed by atoms with van der Waals surface area (Å²) in [7, 11) is 0. The normalized spacial score (nSPS) is 14.1. The lowest BCUT2D eigenvalue weighted by Gasteiger charge is -2.25. The number of carbonyl (C=O) groups excluding carboxylic acids is 3. The lowest BCUT2D eigenvalue weighted by molar-refractivity contribution is -0.119. The molecule has 4 rings (SSSR count). The van der Waals surface area contributed by atoms with E-state index < -0.39 is 23.8 Å². The van der Waals surface area contributed by atoms with Crippen LogP contribution in [0.1, 0.15) is 37.7 Å². The van der Waals surface area contributed by atoms with Crippen molar-refractivity contribution < 1.29 is 18.9 Å². The molecule has 0 fully saturated rings. The van der Waals surface area contributed by atoms with Gasteiger partial charge in [0.1, 0.15) is 11.8 Å². The molecule has 0 saturated heterocycles. The number of rotatable bonds is 5. The van der Waals surface area contributed by atoms with Crippen LogP contribution < -0.4 is 5.32 Å². The topological polar surface area (TPSA) is 92.5 Å². The second-order valence-electron chi connectivity index (χ2n) is 6.90. The number of hydrogen-bond acceptors (Lipinski definition) is 5. The summed E-state index contributed by atoms with van der Waals surface area (Å²) in [6.45, 7) is 3.50. The van der Waals surface area contributed by atoms with Crippen LogP contribution in [0.2, 0.25) is 0 Å². The fourth-order valence-electron chi connectivity index (χ4n) is 3.53. The molecule has 1 unspecified atom stereocenters. The van der Waals surface area contributed by atoms with E-state index in [4.69, 9.17) is 4.52 Å². The van der Waals surface area contributed by atoms with Gasteiger partial charge in [-0.3, -0.25) is 19.3 Å². The molecule has 3 aromatic rings. The van der Waals surface area contributed by atoms with Gasteiger partial charge in [-0.15, -0.1) is 0 Å². The van der Waals surface area contributed by atoms with Gasteiger partial charge in [0.05, 0.1) is 16.8 Å². The number of aromatic nitrogens is 1. The maximum atomic E-state index is 13.2. The highest BCUT2D eigenvalue weighted by atomic mass is 16.5. The van der Waals surface area contributed by atoms with Crippen LogP contribution in [0.15, 0.2) is 59.1 Å². The Morgan fingerprint density at radius 3 is 2.14 bits per heavy atom. The van der Waals surface area contributed by atoms with E-state index in [0.717, 1.165) is 4.90 Å². The molecule has 0 bridgehead atoms. The van der Waals surface area contributed by atoms with E-state index in [1.807, 2.05) is 6.07 Å². The molecular weight excluding hydrogens is 370 g/mol. The number of benzene rings is 2. The molecule has 2 heterocycles. The van der Waals surface area contributed by atoms with Crippen LogP contribution in [-0.4, -0.2) is 33.8 Å². The molecule has 29 heavy (non-hydrogen) atoms. The molecule has 0 spiro atoms. The van der Waals surface area contributed by atoms with Crippen molar-refractivity contribution in [3.05, 3.63) is 82.7 Å². The first-order valence-corrected chi connectivity index (χ1v) is 9.22. The maximum Gasteiger partial charge on any atom is 0.262 e. The first-order chi connectivity index (χ1) is 14.0. The molecule has 0 radical (unpaired) electrons. The number of nitrogens with one attached hydrogen (secondary N) is 1. The Hall–Kier alpha value is -3.74. The first kappa shape index (κ1) is 18.6. The van der Waals surface area contributed by atoms with Gasteiger partial charge in [0, 0.05) is 17.7 Å². The molecular formula is C22H19N3O4. The van der Waals surface area contributed by atoms with Gasteiger partial charge in [0.15, 0.2) is 0 Å². The van der Waals surface area contributed by atoms with Crippen LogP contribution in [-0.2, 0) is 11.2 Å². The molecule has 1 aliphatic heterocycles. The van der Waals surface area contributed by atoms with Gasteiger partial charge in [-0.1, -0.05) is 35.5 Å². The summed E-state index contributed by atoms with van der Waals surface area (Å²) in [5, 5.41) is 6.72. The molecule has 0 saturated carbocycles. The summed E-state index contributed by atoms with van der Waals surface area (Å²) in [5.74, 6) is -0.863. The van der Waals surface area contributed by atoms with E-state index in [9.17, 15) is 14.4 Å². The monoisotopic (exact) mass is 389 g/mol. The molecule has 2 aromatic carbocycles. The van der Waals surface area contributed by atoms with E-state index in [-0.39, 0.29) is 6.42 Å². The fourth-order valence-corrected chi connectivity index (χ4v) is 3.53. The van der Waals surface area contributed by atoms with Crippen LogP contribution in [0.3, 0.4) is 0 Å². The number of aryl methyl sites for hydroxylation is 2. The Balaban J connectivity index is 1.71. The van der Waals surface area contributed by atoms with Gasteiger partial charge in [-0.2, -0.15) is 0 Å². The largest absolute Gasteiger partial charge is 0.361 e. The highest BCUT2D eigenvalue weighted by Crippen LogP contribution is 2.27. The predicted molar refractivity (Wildman–Crippen MR) is 105 cm³/mol. The van der Waals surface area contributed by atoms with E-state index in [2.05, 4.69) is 10.5 Å². The third kappa shape index (κ3) is 3.31. The summed E-state index contributed by atoms with van der Waals surface area (Å²) < 4.78 is 5.20. The SMILES string of the molecule is Cc1noc(C)c1CC(C(=O)Nc1ccccc1)N1C(=O)c2ccccc2C1=O. The average molecular weight is 389 g/mol. The van der Waals surface area contributed by atoms with Crippen molar-refractivity contribution in [1.82, 2.24) is 10.1 Å². The first-order valence-electron chi connectivity index (χ1n) is 9.22. The zero-order chi connectivity index (χ0) is 20.5. The summed E-state index contributed by atoms with van der Waals surface area (Å²) in [6, 6.07) is 14.4. The van der Waals surface area contributed by atoms with Gasteiger partial charge in [0.25, 0.3) is 11.8 Å². The minimum absolute atomic E-state index is 0.116. The quantitative estimate of drug-likeness (QED) is 0.677. The Bertz CT molecular complexity index is 1050. The molecule has 1 N–H and O–H groups in total. The second kappa shape index (κ2) is 7.35. The predicted octanol–water partition coefficient (Wildman–Crippen LogP) is 3.14. The number of fused-ring (bicyclic) bond motifs is 1. The molecule has 7 heteroatoms. The molecule has 1 aliphatic rings. The lowest BCUT2D eigenvalue weighted by atomic mass is 10.0. The van der Waals surface area contributed by atoms with Gasteiger partial charge >= 0.3 is 0 Å². The lowest BCUT2D eigenvalue weighted by Crippen LogP contribution is -2.48. The minimum atomic E-state index is -1.04. The van der Waals surface area contributed by atoms with Crippen LogP contribution in [0, 0.1) is 13.8 Å². The Kier molecular flexibility index (Phi) is 4.72. The van der Waals surface area contributed by atoms with Crippen molar-refractivity contribution in [3.8, 4) is 0 Å². The number of nitrogens with zero attached hydrogens (tertiary/aromatic N) is 2. The van der Waals surface area contributed by atoms with Crippen LogP contribution >= 0.6 is 0 Å². The van der Waals surface area contributed by atoms with Gasteiger partial charge in [-0.25, -0.2) is 0 Å². The molecule has 7 nitrogen and oxygen atoms in total. The van der Waals surface area contributed by atoms with Crippen molar-refractivity contribution in [3.63, 3.8) is 0 Å². The molecule has 1 atom stereocenters. The summed E-state index contributed by atoms with van der Waals surface area (Å²) >= 11 is 0. The zero-order valence-electron chi connectivity index (χ0n) is 16.0.